The van der Waals surface area contributed by atoms with Crippen molar-refractivity contribution >= 4 is 40.5 Å². The minimum absolute atomic E-state index is 0.00223. The number of allylic oxidation sites excluding steroid dienone is 4. The highest BCUT2D eigenvalue weighted by molar-refractivity contribution is 7.13. The SMILES string of the molecule is Cc1cnc(Oc2ccc(Nc3nc(=O)n(CC(=O)O)c(=O)n3CC3=CC=C(Cl)CC3)cc2)s1. The van der Waals surface area contributed by atoms with Gasteiger partial charge in [-0.05, 0) is 55.7 Å². The van der Waals surface area contributed by atoms with Gasteiger partial charge in [-0.2, -0.15) is 4.98 Å². The normalized spacial score (nSPS) is 13.2. The van der Waals surface area contributed by atoms with Crippen LogP contribution in [0.3, 0.4) is 0 Å². The summed E-state index contributed by atoms with van der Waals surface area (Å²) in [5, 5.41) is 13.3. The summed E-state index contributed by atoms with van der Waals surface area (Å²) < 4.78 is 7.54. The topological polar surface area (TPSA) is 128 Å². The van der Waals surface area contributed by atoms with E-state index in [1.165, 1.54) is 15.9 Å². The zero-order chi connectivity index (χ0) is 24.2. The molecule has 4 rings (SSSR count). The first kappa shape index (κ1) is 23.5. The fraction of sp³-hybridized carbons (Fsp3) is 0.227. The van der Waals surface area contributed by atoms with Crippen LogP contribution in [0.15, 0.2) is 62.8 Å². The van der Waals surface area contributed by atoms with Crippen molar-refractivity contribution in [3.8, 4) is 10.9 Å². The van der Waals surface area contributed by atoms with E-state index < -0.39 is 23.9 Å². The van der Waals surface area contributed by atoms with Crippen molar-refractivity contribution in [3.05, 3.63) is 79.1 Å². The predicted octanol–water partition coefficient (Wildman–Crippen LogP) is 3.63. The fourth-order valence-corrected chi connectivity index (χ4v) is 4.03. The van der Waals surface area contributed by atoms with E-state index in [0.717, 1.165) is 10.5 Å². The number of aryl methyl sites for hydroxylation is 1. The highest BCUT2D eigenvalue weighted by Crippen LogP contribution is 2.27. The summed E-state index contributed by atoms with van der Waals surface area (Å²) in [6.45, 7) is 1.28. The molecule has 2 N–H and O–H groups in total. The van der Waals surface area contributed by atoms with Crippen molar-refractivity contribution in [3.63, 3.8) is 0 Å². The van der Waals surface area contributed by atoms with Crippen LogP contribution in [0.5, 0.6) is 10.9 Å². The number of halogens is 1. The second kappa shape index (κ2) is 10.1. The third-order valence-electron chi connectivity index (χ3n) is 4.91. The van der Waals surface area contributed by atoms with Gasteiger partial charge in [-0.25, -0.2) is 19.1 Å². The molecule has 0 fully saturated rings. The number of carbonyl (C=O) groups is 1. The van der Waals surface area contributed by atoms with E-state index in [4.69, 9.17) is 21.4 Å². The number of aliphatic carboxylic acids is 1. The zero-order valence-electron chi connectivity index (χ0n) is 18.0. The lowest BCUT2D eigenvalue weighted by Crippen LogP contribution is -2.44. The van der Waals surface area contributed by atoms with Gasteiger partial charge in [-0.3, -0.25) is 9.36 Å². The number of hydrogen-bond acceptors (Lipinski definition) is 8. The van der Waals surface area contributed by atoms with Crippen molar-refractivity contribution in [2.45, 2.75) is 32.9 Å². The molecule has 2 heterocycles. The second-order valence-corrected chi connectivity index (χ2v) is 9.18. The highest BCUT2D eigenvalue weighted by atomic mass is 35.5. The molecule has 0 spiro atoms. The van der Waals surface area contributed by atoms with Crippen LogP contribution in [-0.4, -0.2) is 30.2 Å². The largest absolute Gasteiger partial charge is 0.480 e. The number of hydrogen-bond donors (Lipinski definition) is 2. The first-order valence-electron chi connectivity index (χ1n) is 10.2. The van der Waals surface area contributed by atoms with Crippen molar-refractivity contribution < 1.29 is 14.6 Å². The minimum Gasteiger partial charge on any atom is -0.480 e. The lowest BCUT2D eigenvalue weighted by atomic mass is 10.1. The Morgan fingerprint density at radius 1 is 1.21 bits per heavy atom. The molecule has 1 aromatic carbocycles. The number of nitrogens with zero attached hydrogens (tertiary/aromatic N) is 4. The van der Waals surface area contributed by atoms with Gasteiger partial charge in [-0.1, -0.05) is 29.0 Å². The van der Waals surface area contributed by atoms with E-state index in [1.807, 2.05) is 6.92 Å². The Balaban J connectivity index is 1.64. The molecule has 0 radical (unpaired) electrons. The van der Waals surface area contributed by atoms with Crippen LogP contribution in [-0.2, 0) is 17.9 Å². The highest BCUT2D eigenvalue weighted by Gasteiger charge is 2.17. The van der Waals surface area contributed by atoms with E-state index in [2.05, 4.69) is 15.3 Å². The number of thiazole rings is 1. The van der Waals surface area contributed by atoms with Crippen LogP contribution in [0.4, 0.5) is 11.6 Å². The van der Waals surface area contributed by atoms with Gasteiger partial charge in [0.05, 0.1) is 6.54 Å². The molecular weight excluding hydrogens is 482 g/mol. The number of ether oxygens (including phenoxy) is 1. The average molecular weight is 502 g/mol. The molecule has 34 heavy (non-hydrogen) atoms. The number of nitrogens with one attached hydrogen (secondary N) is 1. The van der Waals surface area contributed by atoms with Crippen molar-refractivity contribution in [1.29, 1.82) is 0 Å². The molecule has 176 valence electrons. The Morgan fingerprint density at radius 3 is 2.59 bits per heavy atom. The van der Waals surface area contributed by atoms with E-state index in [1.54, 1.807) is 42.6 Å². The summed E-state index contributed by atoms with van der Waals surface area (Å²) in [4.78, 5) is 45.7. The van der Waals surface area contributed by atoms with Gasteiger partial charge in [0.15, 0.2) is 0 Å². The monoisotopic (exact) mass is 501 g/mol. The Kier molecular flexibility index (Phi) is 6.94. The standard InChI is InChI=1S/C22H20ClN5O5S/c1-13-10-24-21(34-13)33-17-8-6-16(7-9-17)25-19-26-20(31)28(12-18(29)30)22(32)27(19)11-14-2-4-15(23)5-3-14/h2,4,6-10H,3,5,11-12H2,1H3,(H,29,30)(H,25,26,31). The number of carboxylic acids is 1. The van der Waals surface area contributed by atoms with Crippen LogP contribution in [0.2, 0.25) is 0 Å². The predicted molar refractivity (Wildman–Crippen MR) is 128 cm³/mol. The summed E-state index contributed by atoms with van der Waals surface area (Å²) in [6.07, 6.45) is 6.54. The fourth-order valence-electron chi connectivity index (χ4n) is 3.25. The number of anilines is 2. The van der Waals surface area contributed by atoms with Gasteiger partial charge < -0.3 is 15.2 Å². The van der Waals surface area contributed by atoms with Gasteiger partial charge >= 0.3 is 17.3 Å². The third-order valence-corrected chi connectivity index (χ3v) is 6.01. The molecule has 0 aliphatic heterocycles. The van der Waals surface area contributed by atoms with Crippen LogP contribution >= 0.6 is 22.9 Å². The summed E-state index contributed by atoms with van der Waals surface area (Å²) in [5.74, 6) is -0.744. The van der Waals surface area contributed by atoms with Gasteiger partial charge in [0.2, 0.25) is 5.95 Å². The van der Waals surface area contributed by atoms with Crippen molar-refractivity contribution in [2.24, 2.45) is 0 Å². The molecule has 3 aromatic rings. The lowest BCUT2D eigenvalue weighted by molar-refractivity contribution is -0.137. The first-order valence-corrected chi connectivity index (χ1v) is 11.4. The van der Waals surface area contributed by atoms with E-state index in [9.17, 15) is 14.4 Å². The second-order valence-electron chi connectivity index (χ2n) is 7.49. The Morgan fingerprint density at radius 2 is 1.97 bits per heavy atom. The van der Waals surface area contributed by atoms with E-state index in [0.29, 0.717) is 39.1 Å². The van der Waals surface area contributed by atoms with Gasteiger partial charge in [0.1, 0.15) is 12.3 Å². The summed E-state index contributed by atoms with van der Waals surface area (Å²) in [5.41, 5.74) is -0.282. The lowest BCUT2D eigenvalue weighted by Gasteiger charge is -2.17. The smallest absolute Gasteiger partial charge is 0.355 e. The molecule has 0 atom stereocenters. The average Bonchev–Trinajstić information content (AvgIpc) is 3.21. The maximum absolute atomic E-state index is 13.0. The maximum atomic E-state index is 13.0. The Labute approximate surface area is 202 Å². The molecule has 0 bridgehead atoms. The summed E-state index contributed by atoms with van der Waals surface area (Å²) in [6, 6.07) is 6.84. The first-order chi connectivity index (χ1) is 16.3. The zero-order valence-corrected chi connectivity index (χ0v) is 19.6. The van der Waals surface area contributed by atoms with Gasteiger partial charge in [-0.15, -0.1) is 0 Å². The molecule has 0 amide bonds. The van der Waals surface area contributed by atoms with E-state index >= 15 is 0 Å². The van der Waals surface area contributed by atoms with Crippen molar-refractivity contribution in [2.75, 3.05) is 5.32 Å². The van der Waals surface area contributed by atoms with Gasteiger partial charge in [0, 0.05) is 21.8 Å². The van der Waals surface area contributed by atoms with Gasteiger partial charge in [0.25, 0.3) is 5.19 Å². The van der Waals surface area contributed by atoms with Crippen LogP contribution in [0.25, 0.3) is 0 Å². The number of aromatic nitrogens is 4. The number of rotatable bonds is 8. The number of benzene rings is 1. The maximum Gasteiger partial charge on any atom is 0.355 e. The summed E-state index contributed by atoms with van der Waals surface area (Å²) in [7, 11) is 0. The molecule has 12 heteroatoms. The van der Waals surface area contributed by atoms with Crippen LogP contribution in [0, 0.1) is 6.92 Å². The molecule has 1 aliphatic rings. The molecule has 0 unspecified atom stereocenters. The Bertz CT molecular complexity index is 1400. The minimum atomic E-state index is -1.31. The Hall–Kier alpha value is -3.70. The number of carboxylic acid groups (broad SMARTS) is 1. The third kappa shape index (κ3) is 5.61. The molecule has 10 nitrogen and oxygen atoms in total. The molecule has 1 aliphatic carbocycles. The molecular formula is C22H20ClN5O5S. The van der Waals surface area contributed by atoms with Crippen LogP contribution < -0.4 is 21.4 Å². The van der Waals surface area contributed by atoms with E-state index in [-0.39, 0.29) is 12.5 Å². The van der Waals surface area contributed by atoms with Crippen molar-refractivity contribution in [1.82, 2.24) is 19.1 Å². The molecule has 0 saturated carbocycles. The molecule has 0 saturated heterocycles. The summed E-state index contributed by atoms with van der Waals surface area (Å²) >= 11 is 7.45. The quantitative estimate of drug-likeness (QED) is 0.478. The molecule has 2 aromatic heterocycles. The van der Waals surface area contributed by atoms with Crippen LogP contribution in [0.1, 0.15) is 17.7 Å².